The molecule has 1 N–H and O–H groups in total. The van der Waals surface area contributed by atoms with Crippen LogP contribution < -0.4 is 9.80 Å². The fraction of sp³-hybridized carbons (Fsp3) is 0.409. The summed E-state index contributed by atoms with van der Waals surface area (Å²) in [4.78, 5) is 15.5. The number of quaternary nitrogens is 1. The van der Waals surface area contributed by atoms with E-state index in [-0.39, 0.29) is 5.78 Å². The van der Waals surface area contributed by atoms with E-state index < -0.39 is 0 Å². The molecule has 0 aromatic heterocycles. The third-order valence-corrected chi connectivity index (χ3v) is 5.21. The van der Waals surface area contributed by atoms with Gasteiger partial charge in [0.25, 0.3) is 0 Å². The van der Waals surface area contributed by atoms with Crippen molar-refractivity contribution in [3.05, 3.63) is 65.2 Å². The molecule has 1 fully saturated rings. The first-order valence-electron chi connectivity index (χ1n) is 9.31. The normalized spacial score (nSPS) is 15.6. The second-order valence-electron chi connectivity index (χ2n) is 7.41. The number of benzene rings is 2. The summed E-state index contributed by atoms with van der Waals surface area (Å²) in [5.74, 6) is 0.726. The molecule has 0 unspecified atom stereocenters. The number of piperazine rings is 1. The summed E-state index contributed by atoms with van der Waals surface area (Å²) in [5, 5.41) is 0. The minimum atomic E-state index is 0.129. The summed E-state index contributed by atoms with van der Waals surface area (Å²) in [6.07, 6.45) is 0. The number of carbonyl (C=O) groups is 1. The number of rotatable bonds is 5. The van der Waals surface area contributed by atoms with Crippen molar-refractivity contribution in [2.24, 2.45) is 0 Å². The third-order valence-electron chi connectivity index (χ3n) is 5.21. The highest BCUT2D eigenvalue weighted by Crippen LogP contribution is 2.16. The van der Waals surface area contributed by atoms with Crippen molar-refractivity contribution in [3.8, 4) is 0 Å². The zero-order valence-electron chi connectivity index (χ0n) is 15.6. The van der Waals surface area contributed by atoms with Crippen LogP contribution in [0.4, 0.5) is 5.69 Å². The third kappa shape index (κ3) is 4.49. The van der Waals surface area contributed by atoms with E-state index in [9.17, 15) is 4.79 Å². The molecule has 0 amide bonds. The van der Waals surface area contributed by atoms with Crippen molar-refractivity contribution in [1.82, 2.24) is 0 Å². The summed E-state index contributed by atoms with van der Waals surface area (Å²) >= 11 is 0. The van der Waals surface area contributed by atoms with Gasteiger partial charge in [0, 0.05) is 16.8 Å². The highest BCUT2D eigenvalue weighted by molar-refractivity contribution is 5.94. The SMILES string of the molecule is CC(=O)c1ccc(N2CC[NH+](Cc3ccc(C(C)C)cc3)CC2)cc1. The Morgan fingerprint density at radius 1 is 1.00 bits per heavy atom. The van der Waals surface area contributed by atoms with Crippen molar-refractivity contribution in [1.29, 1.82) is 0 Å². The van der Waals surface area contributed by atoms with Gasteiger partial charge in [-0.3, -0.25) is 4.79 Å². The van der Waals surface area contributed by atoms with Gasteiger partial charge in [0.15, 0.2) is 5.78 Å². The molecular weight excluding hydrogens is 308 g/mol. The van der Waals surface area contributed by atoms with Crippen LogP contribution in [0.2, 0.25) is 0 Å². The first-order valence-corrected chi connectivity index (χ1v) is 9.31. The second-order valence-corrected chi connectivity index (χ2v) is 7.41. The lowest BCUT2D eigenvalue weighted by atomic mass is 10.0. The summed E-state index contributed by atoms with van der Waals surface area (Å²) in [6, 6.07) is 17.1. The standard InChI is InChI=1S/C22H28N2O/c1-17(2)20-6-4-19(5-7-20)16-23-12-14-24(15-13-23)22-10-8-21(9-11-22)18(3)25/h4-11,17H,12-16H2,1-3H3/p+1. The Morgan fingerprint density at radius 3 is 2.12 bits per heavy atom. The van der Waals surface area contributed by atoms with Gasteiger partial charge in [-0.1, -0.05) is 38.1 Å². The quantitative estimate of drug-likeness (QED) is 0.849. The molecule has 0 radical (unpaired) electrons. The smallest absolute Gasteiger partial charge is 0.159 e. The highest BCUT2D eigenvalue weighted by Gasteiger charge is 2.20. The molecule has 1 aliphatic rings. The van der Waals surface area contributed by atoms with E-state index in [1.807, 2.05) is 12.1 Å². The molecule has 2 aromatic rings. The van der Waals surface area contributed by atoms with Gasteiger partial charge >= 0.3 is 0 Å². The number of anilines is 1. The summed E-state index contributed by atoms with van der Waals surface area (Å²) in [6.45, 7) is 11.6. The largest absolute Gasteiger partial charge is 0.360 e. The average molecular weight is 337 g/mol. The number of Topliss-reactive ketones (excluding diaryl/α,β-unsaturated/α-hetero) is 1. The van der Waals surface area contributed by atoms with Crippen LogP contribution >= 0.6 is 0 Å². The van der Waals surface area contributed by atoms with E-state index in [1.165, 1.54) is 16.8 Å². The highest BCUT2D eigenvalue weighted by atomic mass is 16.1. The molecule has 3 heteroatoms. The zero-order valence-corrected chi connectivity index (χ0v) is 15.6. The molecule has 2 aromatic carbocycles. The first-order chi connectivity index (χ1) is 12.0. The van der Waals surface area contributed by atoms with Gasteiger partial charge in [-0.05, 0) is 42.7 Å². The van der Waals surface area contributed by atoms with E-state index in [0.717, 1.165) is 38.3 Å². The van der Waals surface area contributed by atoms with Crippen LogP contribution in [-0.2, 0) is 6.54 Å². The molecule has 25 heavy (non-hydrogen) atoms. The minimum absolute atomic E-state index is 0.129. The Hall–Kier alpha value is -2.13. The summed E-state index contributed by atoms with van der Waals surface area (Å²) in [7, 11) is 0. The molecule has 1 saturated heterocycles. The number of ketones is 1. The monoisotopic (exact) mass is 337 g/mol. The molecule has 1 heterocycles. The maximum Gasteiger partial charge on any atom is 0.159 e. The predicted molar refractivity (Wildman–Crippen MR) is 104 cm³/mol. The van der Waals surface area contributed by atoms with Gasteiger partial charge < -0.3 is 9.80 Å². The topological polar surface area (TPSA) is 24.8 Å². The Kier molecular flexibility index (Phi) is 5.54. The zero-order chi connectivity index (χ0) is 17.8. The van der Waals surface area contributed by atoms with E-state index >= 15 is 0 Å². The van der Waals surface area contributed by atoms with Crippen molar-refractivity contribution < 1.29 is 9.69 Å². The van der Waals surface area contributed by atoms with Crippen molar-refractivity contribution >= 4 is 11.5 Å². The van der Waals surface area contributed by atoms with Gasteiger partial charge in [0.2, 0.25) is 0 Å². The van der Waals surface area contributed by atoms with Crippen LogP contribution in [0.3, 0.4) is 0 Å². The van der Waals surface area contributed by atoms with Gasteiger partial charge in [0.05, 0.1) is 26.2 Å². The van der Waals surface area contributed by atoms with Gasteiger partial charge in [-0.15, -0.1) is 0 Å². The molecule has 0 bridgehead atoms. The molecule has 0 spiro atoms. The number of nitrogens with zero attached hydrogens (tertiary/aromatic N) is 1. The molecule has 1 aliphatic heterocycles. The summed E-state index contributed by atoms with van der Waals surface area (Å²) in [5.41, 5.74) is 4.86. The average Bonchev–Trinajstić information content (AvgIpc) is 2.63. The van der Waals surface area contributed by atoms with Crippen molar-refractivity contribution in [3.63, 3.8) is 0 Å². The lowest BCUT2D eigenvalue weighted by molar-refractivity contribution is -0.914. The first kappa shape index (κ1) is 17.7. The molecule has 0 atom stereocenters. The number of hydrogen-bond acceptors (Lipinski definition) is 2. The van der Waals surface area contributed by atoms with Gasteiger partial charge in [-0.25, -0.2) is 0 Å². The molecular formula is C22H29N2O+. The molecule has 3 nitrogen and oxygen atoms in total. The summed E-state index contributed by atoms with van der Waals surface area (Å²) < 4.78 is 0. The van der Waals surface area contributed by atoms with Gasteiger partial charge in [-0.2, -0.15) is 0 Å². The van der Waals surface area contributed by atoms with Crippen molar-refractivity contribution in [2.45, 2.75) is 33.2 Å². The Morgan fingerprint density at radius 2 is 1.60 bits per heavy atom. The number of carbonyl (C=O) groups excluding carboxylic acids is 1. The van der Waals surface area contributed by atoms with Crippen LogP contribution in [-0.4, -0.2) is 32.0 Å². The molecule has 3 rings (SSSR count). The van der Waals surface area contributed by atoms with Crippen LogP contribution in [0.15, 0.2) is 48.5 Å². The molecule has 132 valence electrons. The molecule has 0 saturated carbocycles. The van der Waals surface area contributed by atoms with E-state index in [2.05, 4.69) is 55.1 Å². The Bertz CT molecular complexity index is 696. The van der Waals surface area contributed by atoms with E-state index in [1.54, 1.807) is 11.8 Å². The predicted octanol–water partition coefficient (Wildman–Crippen LogP) is 2.92. The Labute approximate surface area is 151 Å². The Balaban J connectivity index is 1.53. The van der Waals surface area contributed by atoms with E-state index in [0.29, 0.717) is 5.92 Å². The molecule has 0 aliphatic carbocycles. The maximum atomic E-state index is 11.4. The number of hydrogen-bond donors (Lipinski definition) is 1. The van der Waals surface area contributed by atoms with Crippen molar-refractivity contribution in [2.75, 3.05) is 31.1 Å². The van der Waals surface area contributed by atoms with Crippen LogP contribution in [0.1, 0.15) is 48.2 Å². The lowest BCUT2D eigenvalue weighted by Gasteiger charge is -2.33. The van der Waals surface area contributed by atoms with Crippen LogP contribution in [0.5, 0.6) is 0 Å². The second kappa shape index (κ2) is 7.83. The van der Waals surface area contributed by atoms with Gasteiger partial charge in [0.1, 0.15) is 6.54 Å². The van der Waals surface area contributed by atoms with Crippen LogP contribution in [0, 0.1) is 0 Å². The van der Waals surface area contributed by atoms with Crippen LogP contribution in [0.25, 0.3) is 0 Å². The fourth-order valence-corrected chi connectivity index (χ4v) is 3.47. The minimum Gasteiger partial charge on any atom is -0.360 e. The fourth-order valence-electron chi connectivity index (χ4n) is 3.47. The lowest BCUT2D eigenvalue weighted by Crippen LogP contribution is -3.13. The van der Waals surface area contributed by atoms with E-state index in [4.69, 9.17) is 0 Å². The number of nitrogens with one attached hydrogen (secondary N) is 1. The maximum absolute atomic E-state index is 11.4.